The molecule has 4 nitrogen and oxygen atoms in total. The molecular formula is C9H12ClN3O. The molecule has 1 aromatic rings. The summed E-state index contributed by atoms with van der Waals surface area (Å²) >= 11 is 5.64. The van der Waals surface area contributed by atoms with Crippen LogP contribution in [0.2, 0.25) is 5.15 Å². The van der Waals surface area contributed by atoms with Crippen LogP contribution in [0, 0.1) is 0 Å². The molecule has 1 atom stereocenters. The fraction of sp³-hybridized carbons (Fsp3) is 0.556. The molecule has 1 aromatic heterocycles. The van der Waals surface area contributed by atoms with Crippen molar-refractivity contribution in [1.82, 2.24) is 10.2 Å². The van der Waals surface area contributed by atoms with E-state index >= 15 is 0 Å². The number of rotatable bonds is 1. The molecule has 0 bridgehead atoms. The lowest BCUT2D eigenvalue weighted by atomic mass is 10.1. The maximum atomic E-state index is 9.48. The maximum Gasteiger partial charge on any atom is 0.151 e. The lowest BCUT2D eigenvalue weighted by Gasteiger charge is -2.30. The molecule has 1 unspecified atom stereocenters. The Bertz CT molecular complexity index is 303. The third kappa shape index (κ3) is 2.13. The summed E-state index contributed by atoms with van der Waals surface area (Å²) in [5.41, 5.74) is 0. The van der Waals surface area contributed by atoms with Gasteiger partial charge in [0.05, 0.1) is 6.10 Å². The first-order chi connectivity index (χ1) is 6.75. The first kappa shape index (κ1) is 9.68. The van der Waals surface area contributed by atoms with Crippen LogP contribution in [0.3, 0.4) is 0 Å². The number of aromatic nitrogens is 2. The molecule has 0 radical (unpaired) electrons. The van der Waals surface area contributed by atoms with Gasteiger partial charge in [-0.1, -0.05) is 11.6 Å². The van der Waals surface area contributed by atoms with Crippen molar-refractivity contribution in [3.63, 3.8) is 0 Å². The van der Waals surface area contributed by atoms with E-state index in [1.807, 2.05) is 11.0 Å². The van der Waals surface area contributed by atoms with Gasteiger partial charge in [-0.3, -0.25) is 0 Å². The largest absolute Gasteiger partial charge is 0.391 e. The highest BCUT2D eigenvalue weighted by atomic mass is 35.5. The second-order valence-electron chi connectivity index (χ2n) is 3.46. The van der Waals surface area contributed by atoms with Gasteiger partial charge in [-0.2, -0.15) is 0 Å². The first-order valence-electron chi connectivity index (χ1n) is 4.68. The first-order valence-corrected chi connectivity index (χ1v) is 5.06. The Morgan fingerprint density at radius 2 is 2.29 bits per heavy atom. The predicted octanol–water partition coefficient (Wildman–Crippen LogP) is 1.09. The van der Waals surface area contributed by atoms with E-state index in [9.17, 15) is 5.11 Å². The van der Waals surface area contributed by atoms with Crippen LogP contribution in [0.4, 0.5) is 5.82 Å². The van der Waals surface area contributed by atoms with Gasteiger partial charge in [0.15, 0.2) is 11.0 Å². The van der Waals surface area contributed by atoms with Crippen molar-refractivity contribution in [3.05, 3.63) is 17.3 Å². The van der Waals surface area contributed by atoms with Gasteiger partial charge in [0.25, 0.3) is 0 Å². The van der Waals surface area contributed by atoms with Crippen LogP contribution in [0.5, 0.6) is 0 Å². The van der Waals surface area contributed by atoms with Gasteiger partial charge in [-0.05, 0) is 25.0 Å². The van der Waals surface area contributed by atoms with Gasteiger partial charge in [0.1, 0.15) is 0 Å². The Hall–Kier alpha value is -0.870. The van der Waals surface area contributed by atoms with E-state index in [1.165, 1.54) is 0 Å². The number of halogens is 1. The second kappa shape index (κ2) is 4.11. The van der Waals surface area contributed by atoms with Crippen LogP contribution in [0.25, 0.3) is 0 Å². The van der Waals surface area contributed by atoms with Crippen LogP contribution in [0.1, 0.15) is 12.8 Å². The smallest absolute Gasteiger partial charge is 0.151 e. The summed E-state index contributed by atoms with van der Waals surface area (Å²) in [6, 6.07) is 3.54. The molecule has 76 valence electrons. The number of nitrogens with zero attached hydrogens (tertiary/aromatic N) is 3. The van der Waals surface area contributed by atoms with Gasteiger partial charge in [-0.15, -0.1) is 10.2 Å². The Labute approximate surface area is 87.5 Å². The maximum absolute atomic E-state index is 9.48. The van der Waals surface area contributed by atoms with Gasteiger partial charge < -0.3 is 10.0 Å². The minimum atomic E-state index is -0.249. The minimum Gasteiger partial charge on any atom is -0.391 e. The lowest BCUT2D eigenvalue weighted by molar-refractivity contribution is 0.154. The molecule has 0 aromatic carbocycles. The molecule has 0 saturated carbocycles. The number of hydrogen-bond donors (Lipinski definition) is 1. The van der Waals surface area contributed by atoms with Crippen molar-refractivity contribution in [1.29, 1.82) is 0 Å². The lowest BCUT2D eigenvalue weighted by Crippen LogP contribution is -2.38. The summed E-state index contributed by atoms with van der Waals surface area (Å²) in [6.07, 6.45) is 1.62. The normalized spacial score (nSPS) is 22.4. The third-order valence-corrected chi connectivity index (χ3v) is 2.54. The van der Waals surface area contributed by atoms with E-state index in [2.05, 4.69) is 10.2 Å². The van der Waals surface area contributed by atoms with E-state index in [-0.39, 0.29) is 6.10 Å². The second-order valence-corrected chi connectivity index (χ2v) is 3.84. The zero-order valence-electron chi connectivity index (χ0n) is 7.73. The quantitative estimate of drug-likeness (QED) is 0.759. The highest BCUT2D eigenvalue weighted by Crippen LogP contribution is 2.17. The molecule has 1 fully saturated rings. The Kier molecular flexibility index (Phi) is 2.84. The Morgan fingerprint density at radius 1 is 1.43 bits per heavy atom. The van der Waals surface area contributed by atoms with E-state index in [1.54, 1.807) is 6.07 Å². The molecule has 1 N–H and O–H groups in total. The van der Waals surface area contributed by atoms with Gasteiger partial charge in [0.2, 0.25) is 0 Å². The number of aliphatic hydroxyl groups excluding tert-OH is 1. The summed E-state index contributed by atoms with van der Waals surface area (Å²) in [6.45, 7) is 1.56. The van der Waals surface area contributed by atoms with Crippen LogP contribution in [-0.4, -0.2) is 34.5 Å². The van der Waals surface area contributed by atoms with E-state index in [0.29, 0.717) is 11.7 Å². The number of hydrogen-bond acceptors (Lipinski definition) is 4. The zero-order chi connectivity index (χ0) is 9.97. The molecule has 0 spiro atoms. The van der Waals surface area contributed by atoms with E-state index < -0.39 is 0 Å². The average Bonchev–Trinajstić information content (AvgIpc) is 2.19. The van der Waals surface area contributed by atoms with Crippen LogP contribution < -0.4 is 4.90 Å². The summed E-state index contributed by atoms with van der Waals surface area (Å²) in [5, 5.41) is 17.6. The number of piperidine rings is 1. The van der Waals surface area contributed by atoms with Crippen molar-refractivity contribution < 1.29 is 5.11 Å². The molecule has 1 aliphatic rings. The van der Waals surface area contributed by atoms with E-state index in [4.69, 9.17) is 11.6 Å². The minimum absolute atomic E-state index is 0.249. The summed E-state index contributed by atoms with van der Waals surface area (Å²) < 4.78 is 0. The molecule has 5 heteroatoms. The van der Waals surface area contributed by atoms with Crippen molar-refractivity contribution in [3.8, 4) is 0 Å². The van der Waals surface area contributed by atoms with Gasteiger partial charge >= 0.3 is 0 Å². The predicted molar refractivity (Wildman–Crippen MR) is 54.5 cm³/mol. The molecule has 2 rings (SSSR count). The summed E-state index contributed by atoms with van der Waals surface area (Å²) in [7, 11) is 0. The molecule has 1 aliphatic heterocycles. The highest BCUT2D eigenvalue weighted by Gasteiger charge is 2.18. The standard InChI is InChI=1S/C9H12ClN3O/c10-8-3-4-9(12-11-8)13-5-1-2-7(14)6-13/h3-4,7,14H,1-2,5-6H2. The van der Waals surface area contributed by atoms with Gasteiger partial charge in [-0.25, -0.2) is 0 Å². The SMILES string of the molecule is OC1CCCN(c2ccc(Cl)nn2)C1. The van der Waals surface area contributed by atoms with Crippen LogP contribution in [-0.2, 0) is 0 Å². The third-order valence-electron chi connectivity index (χ3n) is 2.34. The molecule has 0 aliphatic carbocycles. The number of anilines is 1. The van der Waals surface area contributed by atoms with E-state index in [0.717, 1.165) is 25.2 Å². The molecule has 2 heterocycles. The summed E-state index contributed by atoms with van der Waals surface area (Å²) in [4.78, 5) is 2.03. The summed E-state index contributed by atoms with van der Waals surface area (Å²) in [5.74, 6) is 0.785. The Morgan fingerprint density at radius 3 is 2.93 bits per heavy atom. The number of aliphatic hydroxyl groups is 1. The van der Waals surface area contributed by atoms with Crippen molar-refractivity contribution >= 4 is 17.4 Å². The number of β-amino-alcohol motifs (C(OH)–C–C–N with tert-alkyl or cyclic N) is 1. The highest BCUT2D eigenvalue weighted by molar-refractivity contribution is 6.29. The van der Waals surface area contributed by atoms with Crippen molar-refractivity contribution in [2.24, 2.45) is 0 Å². The fourth-order valence-electron chi connectivity index (χ4n) is 1.64. The van der Waals surface area contributed by atoms with Crippen molar-refractivity contribution in [2.45, 2.75) is 18.9 Å². The van der Waals surface area contributed by atoms with Crippen molar-refractivity contribution in [2.75, 3.05) is 18.0 Å². The zero-order valence-corrected chi connectivity index (χ0v) is 8.48. The topological polar surface area (TPSA) is 49.2 Å². The average molecular weight is 214 g/mol. The van der Waals surface area contributed by atoms with Crippen LogP contribution in [0.15, 0.2) is 12.1 Å². The van der Waals surface area contributed by atoms with Crippen LogP contribution >= 0.6 is 11.6 Å². The Balaban J connectivity index is 2.10. The molecule has 0 amide bonds. The van der Waals surface area contributed by atoms with Gasteiger partial charge in [0, 0.05) is 13.1 Å². The fourth-order valence-corrected chi connectivity index (χ4v) is 1.74. The monoisotopic (exact) mass is 213 g/mol. The molecule has 1 saturated heterocycles. The molecular weight excluding hydrogens is 202 g/mol. The molecule has 14 heavy (non-hydrogen) atoms.